The van der Waals surface area contributed by atoms with Crippen molar-refractivity contribution in [2.75, 3.05) is 13.2 Å². The second-order valence-electron chi connectivity index (χ2n) is 19.5. The monoisotopic (exact) mass is 764 g/mol. The van der Waals surface area contributed by atoms with Crippen LogP contribution in [0.3, 0.4) is 0 Å². The number of fused-ring (bicyclic) bond motifs is 7. The summed E-state index contributed by atoms with van der Waals surface area (Å²) in [5, 5.41) is 84.7. The summed E-state index contributed by atoms with van der Waals surface area (Å²) >= 11 is 0. The summed E-state index contributed by atoms with van der Waals surface area (Å²) in [6.07, 6.45) is -4.65. The topological polar surface area (TPSA) is 216 Å². The quantitative estimate of drug-likeness (QED) is 0.114. The number of aliphatic hydroxyl groups excluding tert-OH is 7. The molecule has 54 heavy (non-hydrogen) atoms. The van der Waals surface area contributed by atoms with E-state index in [9.17, 15) is 45.6 Å². The summed E-state index contributed by atoms with van der Waals surface area (Å²) in [7, 11) is 0. The van der Waals surface area contributed by atoms with E-state index in [4.69, 9.17) is 18.9 Å². The Hall–Kier alpha value is -1.49. The first-order valence-electron chi connectivity index (χ1n) is 20.1. The first-order valence-corrected chi connectivity index (χ1v) is 20.1. The van der Waals surface area contributed by atoms with Crippen LogP contribution in [0.2, 0.25) is 0 Å². The Kier molecular flexibility index (Phi) is 10.2. The minimum atomic E-state index is -1.73. The van der Waals surface area contributed by atoms with Crippen molar-refractivity contribution < 1.29 is 64.6 Å². The number of allylic oxidation sites excluding steroid dienone is 1. The van der Waals surface area contributed by atoms with Crippen LogP contribution in [0.25, 0.3) is 0 Å². The molecule has 0 aromatic rings. The van der Waals surface area contributed by atoms with Gasteiger partial charge in [0.05, 0.1) is 30.3 Å². The van der Waals surface area contributed by atoms with Gasteiger partial charge in [-0.25, -0.2) is 0 Å². The molecular formula is C41H64O13. The third-order valence-corrected chi connectivity index (χ3v) is 16.8. The Labute approximate surface area is 318 Å². The van der Waals surface area contributed by atoms with Gasteiger partial charge in [-0.2, -0.15) is 0 Å². The molecule has 13 heteroatoms. The first-order chi connectivity index (χ1) is 25.1. The molecule has 18 unspecified atom stereocenters. The molecule has 7 aliphatic rings. The number of ether oxygens (including phenoxy) is 4. The number of esters is 1. The van der Waals surface area contributed by atoms with Gasteiger partial charge in [0, 0.05) is 5.92 Å². The summed E-state index contributed by atoms with van der Waals surface area (Å²) in [6, 6.07) is 0. The molecule has 18 atom stereocenters. The fourth-order valence-corrected chi connectivity index (χ4v) is 13.3. The summed E-state index contributed by atoms with van der Waals surface area (Å²) in [5.74, 6) is -0.770. The van der Waals surface area contributed by atoms with Gasteiger partial charge >= 0.3 is 5.97 Å². The van der Waals surface area contributed by atoms with Crippen LogP contribution in [-0.4, -0.2) is 127 Å². The van der Waals surface area contributed by atoms with Crippen LogP contribution in [0.5, 0.6) is 0 Å². The van der Waals surface area contributed by atoms with Gasteiger partial charge in [-0.15, -0.1) is 0 Å². The molecule has 5 aliphatic carbocycles. The Morgan fingerprint density at radius 2 is 1.54 bits per heavy atom. The van der Waals surface area contributed by atoms with Crippen molar-refractivity contribution in [3.05, 3.63) is 23.8 Å². The van der Waals surface area contributed by atoms with Crippen LogP contribution in [0, 0.1) is 44.8 Å². The SMILES string of the molecule is C=C1CCC2(C(=O)OC3OC(CO)C(O)C(O)C3O)CCC3(C)C(=CCC4C5(C)CCC(OC6OCC(O)C(O)C6O)C(C)(C)C5CCC43C)C2C1(C)O. The van der Waals surface area contributed by atoms with E-state index in [0.29, 0.717) is 31.3 Å². The van der Waals surface area contributed by atoms with Gasteiger partial charge in [0.15, 0.2) is 6.29 Å². The van der Waals surface area contributed by atoms with Crippen LogP contribution >= 0.6 is 0 Å². The molecule has 13 nitrogen and oxygen atoms in total. The van der Waals surface area contributed by atoms with Crippen molar-refractivity contribution in [3.8, 4) is 0 Å². The molecule has 8 N–H and O–H groups in total. The molecule has 2 saturated heterocycles. The van der Waals surface area contributed by atoms with Crippen molar-refractivity contribution in [2.24, 2.45) is 44.8 Å². The van der Waals surface area contributed by atoms with Gasteiger partial charge in [-0.3, -0.25) is 4.79 Å². The Bertz CT molecular complexity index is 1510. The second kappa shape index (κ2) is 13.5. The van der Waals surface area contributed by atoms with Crippen molar-refractivity contribution in [2.45, 2.75) is 166 Å². The minimum Gasteiger partial charge on any atom is -0.432 e. The maximum atomic E-state index is 14.6. The zero-order chi connectivity index (χ0) is 39.6. The highest BCUT2D eigenvalue weighted by Gasteiger charge is 2.72. The zero-order valence-corrected chi connectivity index (χ0v) is 32.7. The van der Waals surface area contributed by atoms with Gasteiger partial charge in [-0.05, 0) is 104 Å². The van der Waals surface area contributed by atoms with Crippen molar-refractivity contribution in [3.63, 3.8) is 0 Å². The number of rotatable bonds is 5. The average molecular weight is 765 g/mol. The summed E-state index contributed by atoms with van der Waals surface area (Å²) in [5.41, 5.74) is -1.92. The number of aliphatic hydroxyl groups is 8. The van der Waals surface area contributed by atoms with Crippen molar-refractivity contribution in [1.82, 2.24) is 0 Å². The number of hydrogen-bond donors (Lipinski definition) is 8. The molecule has 306 valence electrons. The number of hydrogen-bond acceptors (Lipinski definition) is 13. The van der Waals surface area contributed by atoms with E-state index in [1.54, 1.807) is 6.92 Å². The molecule has 2 heterocycles. The summed E-state index contributed by atoms with van der Waals surface area (Å²) in [4.78, 5) is 14.6. The van der Waals surface area contributed by atoms with Crippen LogP contribution in [0.1, 0.15) is 99.3 Å². The Balaban J connectivity index is 1.19. The van der Waals surface area contributed by atoms with Gasteiger partial charge in [-0.1, -0.05) is 52.8 Å². The molecule has 0 spiro atoms. The van der Waals surface area contributed by atoms with Gasteiger partial charge in [0.2, 0.25) is 6.29 Å². The molecule has 6 fully saturated rings. The van der Waals surface area contributed by atoms with Crippen LogP contribution < -0.4 is 0 Å². The second-order valence-corrected chi connectivity index (χ2v) is 19.5. The van der Waals surface area contributed by atoms with Crippen molar-refractivity contribution in [1.29, 1.82) is 0 Å². The van der Waals surface area contributed by atoms with E-state index >= 15 is 0 Å². The largest absolute Gasteiger partial charge is 0.432 e. The Morgan fingerprint density at radius 3 is 2.22 bits per heavy atom. The highest BCUT2D eigenvalue weighted by atomic mass is 16.7. The van der Waals surface area contributed by atoms with E-state index in [1.807, 2.05) is 0 Å². The molecule has 7 rings (SSSR count). The standard InChI is InChI=1S/C41H64O13/c1-20-10-15-41(35(49)54-34-31(48)29(46)28(45)23(18-42)52-34)17-16-38(5)21(32(41)40(20,7)50)8-9-25-37(4)13-12-26(36(2,3)24(37)11-14-39(25,38)6)53-33-30(47)27(44)22(43)19-51-33/h8,22-34,42-48,50H,1,9-19H2,2-7H3. The summed E-state index contributed by atoms with van der Waals surface area (Å²) in [6.45, 7) is 16.8. The molecule has 0 amide bonds. The zero-order valence-electron chi connectivity index (χ0n) is 32.7. The lowest BCUT2D eigenvalue weighted by Gasteiger charge is -2.71. The fraction of sp³-hybridized carbons (Fsp3) is 0.878. The minimum absolute atomic E-state index is 0.0849. The lowest BCUT2D eigenvalue weighted by atomic mass is 9.33. The van der Waals surface area contributed by atoms with E-state index in [0.717, 1.165) is 37.7 Å². The molecular weight excluding hydrogens is 700 g/mol. The predicted molar refractivity (Wildman–Crippen MR) is 193 cm³/mol. The van der Waals surface area contributed by atoms with E-state index in [-0.39, 0.29) is 40.8 Å². The highest BCUT2D eigenvalue weighted by molar-refractivity contribution is 5.80. The number of carbonyl (C=O) groups excluding carboxylic acids is 1. The van der Waals surface area contributed by atoms with E-state index in [1.165, 1.54) is 0 Å². The van der Waals surface area contributed by atoms with Crippen LogP contribution in [-0.2, 0) is 23.7 Å². The maximum Gasteiger partial charge on any atom is 0.315 e. The third kappa shape index (κ3) is 5.61. The van der Waals surface area contributed by atoms with Gasteiger partial charge < -0.3 is 59.8 Å². The third-order valence-electron chi connectivity index (χ3n) is 16.8. The lowest BCUT2D eigenvalue weighted by molar-refractivity contribution is -0.308. The molecule has 0 aromatic carbocycles. The molecule has 4 saturated carbocycles. The Morgan fingerprint density at radius 1 is 0.852 bits per heavy atom. The summed E-state index contributed by atoms with van der Waals surface area (Å²) < 4.78 is 23.6. The molecule has 0 bridgehead atoms. The lowest BCUT2D eigenvalue weighted by Crippen LogP contribution is -2.68. The van der Waals surface area contributed by atoms with Gasteiger partial charge in [0.1, 0.15) is 42.7 Å². The molecule has 2 aliphatic heterocycles. The van der Waals surface area contributed by atoms with Crippen LogP contribution in [0.15, 0.2) is 23.8 Å². The van der Waals surface area contributed by atoms with E-state index in [2.05, 4.69) is 47.3 Å². The molecule has 0 aromatic heterocycles. The highest BCUT2D eigenvalue weighted by Crippen LogP contribution is 2.76. The first kappa shape index (κ1) is 40.7. The van der Waals surface area contributed by atoms with Crippen LogP contribution in [0.4, 0.5) is 0 Å². The van der Waals surface area contributed by atoms with Crippen molar-refractivity contribution >= 4 is 5.97 Å². The fourth-order valence-electron chi connectivity index (χ4n) is 13.3. The number of carbonyl (C=O) groups is 1. The molecule has 0 radical (unpaired) electrons. The maximum absolute atomic E-state index is 14.6. The predicted octanol–water partition coefficient (Wildman–Crippen LogP) is 1.85. The normalized spacial score (nSPS) is 54.3. The average Bonchev–Trinajstić information content (AvgIpc) is 3.11. The van der Waals surface area contributed by atoms with E-state index < -0.39 is 90.2 Å². The van der Waals surface area contributed by atoms with Gasteiger partial charge in [0.25, 0.3) is 0 Å². The smallest absolute Gasteiger partial charge is 0.315 e.